The van der Waals surface area contributed by atoms with E-state index in [1.807, 2.05) is 61.3 Å². The highest BCUT2D eigenvalue weighted by Gasteiger charge is 2.30. The highest BCUT2D eigenvalue weighted by Crippen LogP contribution is 2.39. The number of nitrogens with zero attached hydrogens (tertiary/aromatic N) is 5. The van der Waals surface area contributed by atoms with Gasteiger partial charge in [0, 0.05) is 38.4 Å². The highest BCUT2D eigenvalue weighted by atomic mass is 16.5. The Morgan fingerprint density at radius 1 is 1.14 bits per heavy atom. The molecule has 3 heterocycles. The van der Waals surface area contributed by atoms with E-state index in [1.165, 1.54) is 0 Å². The van der Waals surface area contributed by atoms with Crippen LogP contribution in [0.1, 0.15) is 30.1 Å². The van der Waals surface area contributed by atoms with Gasteiger partial charge < -0.3 is 29.9 Å². The first kappa shape index (κ1) is 22.9. The van der Waals surface area contributed by atoms with Crippen LogP contribution in [0, 0.1) is 0 Å². The van der Waals surface area contributed by atoms with Crippen molar-refractivity contribution in [1.82, 2.24) is 9.97 Å². The number of benzene rings is 2. The van der Waals surface area contributed by atoms with E-state index in [9.17, 15) is 9.90 Å². The third kappa shape index (κ3) is 4.23. The fourth-order valence-electron chi connectivity index (χ4n) is 4.72. The SMILES string of the molecule is CCN1C(=O)c2ccccc2N(C)c2nc(Nc3ccc(N4CCC(O)CC4)cc3OC)ncc21. The fourth-order valence-corrected chi connectivity index (χ4v) is 4.72. The summed E-state index contributed by atoms with van der Waals surface area (Å²) in [6.45, 7) is 4.07. The molecule has 3 aromatic rings. The van der Waals surface area contributed by atoms with Crippen LogP contribution in [0.5, 0.6) is 5.75 Å². The number of para-hydroxylation sites is 1. The first-order valence-corrected chi connectivity index (χ1v) is 11.9. The van der Waals surface area contributed by atoms with Gasteiger partial charge in [0.05, 0.1) is 36.3 Å². The summed E-state index contributed by atoms with van der Waals surface area (Å²) in [5.74, 6) is 1.66. The molecule has 1 saturated heterocycles. The molecule has 2 aromatic carbocycles. The summed E-state index contributed by atoms with van der Waals surface area (Å²) < 4.78 is 5.66. The average molecular weight is 475 g/mol. The number of amides is 1. The second-order valence-electron chi connectivity index (χ2n) is 8.76. The second-order valence-corrected chi connectivity index (χ2v) is 8.76. The third-order valence-electron chi connectivity index (χ3n) is 6.68. The minimum absolute atomic E-state index is 0.0690. The summed E-state index contributed by atoms with van der Waals surface area (Å²) in [7, 11) is 3.55. The summed E-state index contributed by atoms with van der Waals surface area (Å²) in [6.07, 6.45) is 3.00. The molecule has 0 radical (unpaired) electrons. The van der Waals surface area contributed by atoms with Gasteiger partial charge in [-0.2, -0.15) is 4.98 Å². The lowest BCUT2D eigenvalue weighted by molar-refractivity contribution is 0.0989. The molecule has 9 nitrogen and oxygen atoms in total. The molecule has 1 fully saturated rings. The van der Waals surface area contributed by atoms with Gasteiger partial charge in [-0.15, -0.1) is 0 Å². The highest BCUT2D eigenvalue weighted by molar-refractivity contribution is 6.13. The number of aliphatic hydroxyl groups excluding tert-OH is 1. The quantitative estimate of drug-likeness (QED) is 0.574. The summed E-state index contributed by atoms with van der Waals surface area (Å²) in [5, 5.41) is 13.1. The number of ether oxygens (including phenoxy) is 1. The zero-order valence-electron chi connectivity index (χ0n) is 20.2. The summed E-state index contributed by atoms with van der Waals surface area (Å²) in [4.78, 5) is 28.4. The molecule has 182 valence electrons. The number of fused-ring (bicyclic) bond motifs is 2. The van der Waals surface area contributed by atoms with Crippen LogP contribution in [0.2, 0.25) is 0 Å². The Bertz CT molecular complexity index is 1240. The van der Waals surface area contributed by atoms with Crippen LogP contribution in [0.4, 0.5) is 34.5 Å². The molecule has 2 aliphatic heterocycles. The van der Waals surface area contributed by atoms with Crippen molar-refractivity contribution in [2.24, 2.45) is 0 Å². The fraction of sp³-hybridized carbons (Fsp3) is 0.346. The Morgan fingerprint density at radius 2 is 1.91 bits per heavy atom. The van der Waals surface area contributed by atoms with Crippen molar-refractivity contribution in [3.05, 3.63) is 54.2 Å². The van der Waals surface area contributed by atoms with Crippen molar-refractivity contribution in [1.29, 1.82) is 0 Å². The van der Waals surface area contributed by atoms with Crippen LogP contribution in [0.25, 0.3) is 0 Å². The number of nitrogens with one attached hydrogen (secondary N) is 1. The largest absolute Gasteiger partial charge is 0.494 e. The van der Waals surface area contributed by atoms with Crippen LogP contribution in [0.3, 0.4) is 0 Å². The normalized spacial score (nSPS) is 16.0. The van der Waals surface area contributed by atoms with Gasteiger partial charge in [-0.3, -0.25) is 4.79 Å². The Balaban J connectivity index is 1.47. The minimum Gasteiger partial charge on any atom is -0.494 e. The van der Waals surface area contributed by atoms with Crippen molar-refractivity contribution in [3.63, 3.8) is 0 Å². The number of hydrogen-bond acceptors (Lipinski definition) is 8. The molecular formula is C26H30N6O3. The molecule has 0 atom stereocenters. The number of carbonyl (C=O) groups is 1. The summed E-state index contributed by atoms with van der Waals surface area (Å²) in [6, 6.07) is 13.5. The molecule has 0 saturated carbocycles. The molecule has 2 N–H and O–H groups in total. The van der Waals surface area contributed by atoms with Gasteiger partial charge in [0.1, 0.15) is 11.4 Å². The lowest BCUT2D eigenvalue weighted by Crippen LogP contribution is -2.35. The van der Waals surface area contributed by atoms with Gasteiger partial charge in [0.25, 0.3) is 5.91 Å². The topological polar surface area (TPSA) is 94.1 Å². The van der Waals surface area contributed by atoms with Gasteiger partial charge in [0.15, 0.2) is 5.82 Å². The van der Waals surface area contributed by atoms with Crippen LogP contribution in [-0.4, -0.2) is 60.9 Å². The van der Waals surface area contributed by atoms with Gasteiger partial charge >= 0.3 is 0 Å². The van der Waals surface area contributed by atoms with Crippen LogP contribution in [0.15, 0.2) is 48.7 Å². The van der Waals surface area contributed by atoms with Gasteiger partial charge in [-0.1, -0.05) is 12.1 Å². The van der Waals surface area contributed by atoms with Crippen LogP contribution >= 0.6 is 0 Å². The molecule has 0 spiro atoms. The number of rotatable bonds is 5. The Hall–Kier alpha value is -3.85. The van der Waals surface area contributed by atoms with Crippen molar-refractivity contribution in [3.8, 4) is 5.75 Å². The predicted molar refractivity (Wildman–Crippen MR) is 138 cm³/mol. The molecule has 5 rings (SSSR count). The molecule has 2 aliphatic rings. The maximum atomic E-state index is 13.2. The second kappa shape index (κ2) is 9.42. The van der Waals surface area contributed by atoms with E-state index >= 15 is 0 Å². The predicted octanol–water partition coefficient (Wildman–Crippen LogP) is 3.94. The first-order valence-electron chi connectivity index (χ1n) is 11.9. The van der Waals surface area contributed by atoms with E-state index in [1.54, 1.807) is 18.2 Å². The molecular weight excluding hydrogens is 444 g/mol. The zero-order chi connectivity index (χ0) is 24.5. The van der Waals surface area contributed by atoms with E-state index in [2.05, 4.69) is 15.2 Å². The van der Waals surface area contributed by atoms with E-state index in [0.29, 0.717) is 35.3 Å². The van der Waals surface area contributed by atoms with E-state index in [0.717, 1.165) is 43.0 Å². The Labute approximate surface area is 205 Å². The minimum atomic E-state index is -0.219. The molecule has 1 amide bonds. The number of aliphatic hydroxyl groups is 1. The van der Waals surface area contributed by atoms with Crippen molar-refractivity contribution < 1.29 is 14.6 Å². The number of piperidine rings is 1. The number of hydrogen-bond donors (Lipinski definition) is 2. The number of carbonyl (C=O) groups excluding carboxylic acids is 1. The number of aromatic nitrogens is 2. The molecule has 0 unspecified atom stereocenters. The van der Waals surface area contributed by atoms with E-state index < -0.39 is 0 Å². The smallest absolute Gasteiger partial charge is 0.260 e. The number of anilines is 6. The van der Waals surface area contributed by atoms with E-state index in [4.69, 9.17) is 9.72 Å². The molecule has 9 heteroatoms. The molecule has 0 bridgehead atoms. The lowest BCUT2D eigenvalue weighted by Gasteiger charge is -2.31. The summed E-state index contributed by atoms with van der Waals surface area (Å²) >= 11 is 0. The van der Waals surface area contributed by atoms with Crippen LogP contribution in [-0.2, 0) is 0 Å². The molecule has 35 heavy (non-hydrogen) atoms. The van der Waals surface area contributed by atoms with Crippen LogP contribution < -0.4 is 24.8 Å². The van der Waals surface area contributed by atoms with Crippen molar-refractivity contribution in [2.75, 3.05) is 53.8 Å². The van der Waals surface area contributed by atoms with Gasteiger partial charge in [-0.05, 0) is 44.0 Å². The average Bonchev–Trinajstić information content (AvgIpc) is 2.98. The lowest BCUT2D eigenvalue weighted by atomic mass is 10.1. The first-order chi connectivity index (χ1) is 17.0. The van der Waals surface area contributed by atoms with Gasteiger partial charge in [0.2, 0.25) is 5.95 Å². The Kier molecular flexibility index (Phi) is 6.17. The number of methoxy groups -OCH3 is 1. The van der Waals surface area contributed by atoms with Gasteiger partial charge in [-0.25, -0.2) is 4.98 Å². The molecule has 1 aromatic heterocycles. The Morgan fingerprint density at radius 3 is 2.66 bits per heavy atom. The van der Waals surface area contributed by atoms with Crippen molar-refractivity contribution in [2.45, 2.75) is 25.9 Å². The van der Waals surface area contributed by atoms with E-state index in [-0.39, 0.29) is 12.0 Å². The zero-order valence-corrected chi connectivity index (χ0v) is 20.2. The summed E-state index contributed by atoms with van der Waals surface area (Å²) in [5.41, 5.74) is 3.89. The molecule has 0 aliphatic carbocycles. The third-order valence-corrected chi connectivity index (χ3v) is 6.68. The maximum absolute atomic E-state index is 13.2. The van der Waals surface area contributed by atoms with Crippen molar-refractivity contribution >= 4 is 40.4 Å². The monoisotopic (exact) mass is 474 g/mol. The standard InChI is InChI=1S/C26H30N6O3/c1-4-32-22-16-27-26(29-24(22)30(2)21-8-6-5-7-19(21)25(32)34)28-20-10-9-17(15-23(20)35-3)31-13-11-18(33)12-14-31/h5-10,15-16,18,33H,4,11-14H2,1-3H3,(H,27,28,29). The maximum Gasteiger partial charge on any atom is 0.260 e.